The highest BCUT2D eigenvalue weighted by atomic mass is 32.1. The number of nitrogens with one attached hydrogen (secondary N) is 1. The second-order valence-electron chi connectivity index (χ2n) is 10.4. The van der Waals surface area contributed by atoms with Crippen molar-refractivity contribution < 1.29 is 33.8 Å². The summed E-state index contributed by atoms with van der Waals surface area (Å²) in [7, 11) is 0. The first-order valence-corrected chi connectivity index (χ1v) is 14.3. The summed E-state index contributed by atoms with van der Waals surface area (Å²) in [4.78, 5) is 52.7. The minimum absolute atomic E-state index is 0.00413. The number of fused-ring (bicyclic) bond motifs is 5. The summed E-state index contributed by atoms with van der Waals surface area (Å²) >= 11 is 1.12. The lowest BCUT2D eigenvalue weighted by Gasteiger charge is -2.27. The Morgan fingerprint density at radius 3 is 2.07 bits per heavy atom. The van der Waals surface area contributed by atoms with Crippen LogP contribution < -0.4 is 10.1 Å². The molecule has 0 saturated carbocycles. The van der Waals surface area contributed by atoms with Crippen LogP contribution in [0.4, 0.5) is 9.80 Å². The maximum absolute atomic E-state index is 12.9. The van der Waals surface area contributed by atoms with Crippen molar-refractivity contribution in [1.29, 1.82) is 0 Å². The number of amides is 3. The molecule has 42 heavy (non-hydrogen) atoms. The highest BCUT2D eigenvalue weighted by Crippen LogP contribution is 2.46. The molecule has 2 N–H and O–H groups in total. The number of benzene rings is 3. The van der Waals surface area contributed by atoms with E-state index in [0.29, 0.717) is 28.8 Å². The Morgan fingerprint density at radius 1 is 0.905 bits per heavy atom. The number of carbonyl (C=O) groups is 4. The first kappa shape index (κ1) is 26.0. The van der Waals surface area contributed by atoms with Gasteiger partial charge in [-0.25, -0.2) is 9.59 Å². The predicted octanol–water partition coefficient (Wildman–Crippen LogP) is 5.80. The average molecular weight is 581 g/mol. The molecular formula is C32H24N2O7S. The van der Waals surface area contributed by atoms with Crippen LogP contribution in [0.2, 0.25) is 0 Å². The molecule has 1 aliphatic carbocycles. The van der Waals surface area contributed by atoms with E-state index < -0.39 is 30.0 Å². The van der Waals surface area contributed by atoms with E-state index in [4.69, 9.17) is 9.47 Å². The van der Waals surface area contributed by atoms with Gasteiger partial charge in [0, 0.05) is 10.8 Å². The van der Waals surface area contributed by atoms with Crippen molar-refractivity contribution in [3.63, 3.8) is 0 Å². The van der Waals surface area contributed by atoms with E-state index in [0.717, 1.165) is 38.5 Å². The zero-order chi connectivity index (χ0) is 29.0. The SMILES string of the molecule is O=C(Nc1sc2c(c1C(=O)O)OC(CN1C(=O)c3ccccc3C1=O)CC2)OCC1c2ccccc2-c2ccccc21. The number of aromatic carboxylic acids is 1. The standard InChI is InChI=1S/C32H24N2O7S/c35-29-22-11-5-6-12-23(22)30(36)34(29)15-17-13-14-25-27(41-17)26(31(37)38)28(42-25)33-32(39)40-16-24-20-9-3-1-7-18(20)19-8-2-4-10-21(19)24/h1-12,17,24H,13-16H2,(H,33,39)(H,37,38). The molecule has 4 aromatic rings. The third-order valence-corrected chi connectivity index (χ3v) is 9.09. The lowest BCUT2D eigenvalue weighted by molar-refractivity contribution is 0.0540. The van der Waals surface area contributed by atoms with E-state index in [-0.39, 0.29) is 35.4 Å². The number of nitrogens with zero attached hydrogens (tertiary/aromatic N) is 1. The number of ether oxygens (including phenoxy) is 2. The topological polar surface area (TPSA) is 122 Å². The molecule has 3 heterocycles. The molecule has 7 rings (SSSR count). The van der Waals surface area contributed by atoms with Crippen molar-refractivity contribution in [2.45, 2.75) is 24.9 Å². The van der Waals surface area contributed by atoms with Crippen LogP contribution >= 0.6 is 11.3 Å². The van der Waals surface area contributed by atoms with Crippen molar-refractivity contribution in [1.82, 2.24) is 4.90 Å². The van der Waals surface area contributed by atoms with Gasteiger partial charge in [-0.2, -0.15) is 0 Å². The van der Waals surface area contributed by atoms with Gasteiger partial charge in [-0.15, -0.1) is 11.3 Å². The fourth-order valence-electron chi connectivity index (χ4n) is 6.02. The van der Waals surface area contributed by atoms with Crippen LogP contribution in [0.15, 0.2) is 72.8 Å². The second kappa shape index (κ2) is 10.1. The molecule has 3 aromatic carbocycles. The number of carboxylic acids is 1. The van der Waals surface area contributed by atoms with Crippen LogP contribution in [0.5, 0.6) is 5.75 Å². The normalized spacial score (nSPS) is 16.8. The summed E-state index contributed by atoms with van der Waals surface area (Å²) in [6, 6.07) is 22.6. The number of hydrogen-bond acceptors (Lipinski definition) is 7. The molecule has 3 aliphatic rings. The molecule has 2 aliphatic heterocycles. The van der Waals surface area contributed by atoms with Gasteiger partial charge in [-0.05, 0) is 47.2 Å². The van der Waals surface area contributed by atoms with Gasteiger partial charge in [0.15, 0.2) is 5.75 Å². The van der Waals surface area contributed by atoms with Crippen molar-refractivity contribution in [3.05, 3.63) is 105 Å². The summed E-state index contributed by atoms with van der Waals surface area (Å²) in [5, 5.41) is 12.8. The molecule has 3 amide bonds. The summed E-state index contributed by atoms with van der Waals surface area (Å²) < 4.78 is 11.7. The Bertz CT molecular complexity index is 1710. The molecule has 0 bridgehead atoms. The minimum Gasteiger partial charge on any atom is -0.486 e. The third kappa shape index (κ3) is 4.22. The number of hydrogen-bond donors (Lipinski definition) is 2. The third-order valence-electron chi connectivity index (χ3n) is 7.95. The summed E-state index contributed by atoms with van der Waals surface area (Å²) in [6.07, 6.45) is -0.402. The summed E-state index contributed by atoms with van der Waals surface area (Å²) in [6.45, 7) is 0.0854. The van der Waals surface area contributed by atoms with Crippen molar-refractivity contribution >= 4 is 40.2 Å². The van der Waals surface area contributed by atoms with Gasteiger partial charge in [0.25, 0.3) is 11.8 Å². The highest BCUT2D eigenvalue weighted by Gasteiger charge is 2.39. The predicted molar refractivity (Wildman–Crippen MR) is 155 cm³/mol. The average Bonchev–Trinajstić information content (AvgIpc) is 3.60. The fourth-order valence-corrected chi connectivity index (χ4v) is 7.14. The zero-order valence-corrected chi connectivity index (χ0v) is 23.0. The summed E-state index contributed by atoms with van der Waals surface area (Å²) in [5.74, 6) is -2.04. The number of thiophene rings is 1. The first-order chi connectivity index (χ1) is 20.4. The molecule has 0 radical (unpaired) electrons. The van der Waals surface area contributed by atoms with Gasteiger partial charge in [-0.3, -0.25) is 19.8 Å². The van der Waals surface area contributed by atoms with E-state index in [1.54, 1.807) is 24.3 Å². The molecule has 210 valence electrons. The molecule has 0 saturated heterocycles. The Kier molecular flexibility index (Phi) is 6.27. The van der Waals surface area contributed by atoms with Gasteiger partial charge in [-0.1, -0.05) is 60.7 Å². The van der Waals surface area contributed by atoms with Crippen molar-refractivity contribution in [2.75, 3.05) is 18.5 Å². The number of imide groups is 1. The van der Waals surface area contributed by atoms with Crippen LogP contribution in [-0.4, -0.2) is 53.1 Å². The van der Waals surface area contributed by atoms with E-state index in [2.05, 4.69) is 5.32 Å². The highest BCUT2D eigenvalue weighted by molar-refractivity contribution is 7.17. The number of anilines is 1. The van der Waals surface area contributed by atoms with Gasteiger partial charge in [0.1, 0.15) is 23.3 Å². The van der Waals surface area contributed by atoms with Crippen LogP contribution in [-0.2, 0) is 11.2 Å². The Hall–Kier alpha value is -4.96. The van der Waals surface area contributed by atoms with Crippen LogP contribution in [0.3, 0.4) is 0 Å². The monoisotopic (exact) mass is 580 g/mol. The zero-order valence-electron chi connectivity index (χ0n) is 22.2. The van der Waals surface area contributed by atoms with Gasteiger partial charge >= 0.3 is 12.1 Å². The van der Waals surface area contributed by atoms with Gasteiger partial charge < -0.3 is 14.6 Å². The molecule has 0 spiro atoms. The maximum Gasteiger partial charge on any atom is 0.412 e. The largest absolute Gasteiger partial charge is 0.486 e. The minimum atomic E-state index is -1.26. The molecule has 9 nitrogen and oxygen atoms in total. The van der Waals surface area contributed by atoms with E-state index in [1.807, 2.05) is 48.5 Å². The van der Waals surface area contributed by atoms with Gasteiger partial charge in [0.2, 0.25) is 0 Å². The number of carbonyl (C=O) groups excluding carboxylic acids is 3. The van der Waals surface area contributed by atoms with Crippen LogP contribution in [0.25, 0.3) is 11.1 Å². The molecular weight excluding hydrogens is 556 g/mol. The summed E-state index contributed by atoms with van der Waals surface area (Å²) in [5.41, 5.74) is 4.87. The van der Waals surface area contributed by atoms with Crippen LogP contribution in [0, 0.1) is 0 Å². The Balaban J connectivity index is 1.05. The van der Waals surface area contributed by atoms with Gasteiger partial charge in [0.05, 0.1) is 17.7 Å². The number of carboxylic acid groups (broad SMARTS) is 1. The molecule has 1 atom stereocenters. The molecule has 1 aromatic heterocycles. The quantitative estimate of drug-likeness (QED) is 0.277. The lowest BCUT2D eigenvalue weighted by Crippen LogP contribution is -2.40. The molecule has 0 fully saturated rings. The fraction of sp³-hybridized carbons (Fsp3) is 0.188. The van der Waals surface area contributed by atoms with Crippen molar-refractivity contribution in [3.8, 4) is 16.9 Å². The van der Waals surface area contributed by atoms with Crippen LogP contribution in [0.1, 0.15) is 59.4 Å². The maximum atomic E-state index is 12.9. The molecule has 10 heteroatoms. The first-order valence-electron chi connectivity index (χ1n) is 13.5. The van der Waals surface area contributed by atoms with E-state index in [1.165, 1.54) is 0 Å². The lowest BCUT2D eigenvalue weighted by atomic mass is 9.98. The number of aryl methyl sites for hydroxylation is 1. The smallest absolute Gasteiger partial charge is 0.412 e. The second-order valence-corrected chi connectivity index (χ2v) is 11.5. The van der Waals surface area contributed by atoms with E-state index in [9.17, 15) is 24.3 Å². The Morgan fingerprint density at radius 2 is 1.48 bits per heavy atom. The van der Waals surface area contributed by atoms with Crippen molar-refractivity contribution in [2.24, 2.45) is 0 Å². The van der Waals surface area contributed by atoms with E-state index >= 15 is 0 Å². The molecule has 1 unspecified atom stereocenters. The Labute approximate surface area is 244 Å². The number of rotatable bonds is 6.